The van der Waals surface area contributed by atoms with Crippen LogP contribution >= 0.6 is 0 Å². The van der Waals surface area contributed by atoms with Crippen LogP contribution in [0.1, 0.15) is 11.5 Å². The van der Waals surface area contributed by atoms with Crippen LogP contribution in [0.4, 0.5) is 0 Å². The molecule has 0 unspecified atom stereocenters. The van der Waals surface area contributed by atoms with Crippen LogP contribution in [0.2, 0.25) is 0 Å². The molecular weight excluding hydrogens is 168 g/mol. The summed E-state index contributed by atoms with van der Waals surface area (Å²) in [6.45, 7) is 3.49. The minimum absolute atomic E-state index is 0.112. The van der Waals surface area contributed by atoms with Crippen LogP contribution in [0.25, 0.3) is 11.2 Å². The molecule has 0 radical (unpaired) electrons. The van der Waals surface area contributed by atoms with E-state index in [0.29, 0.717) is 17.0 Å². The first-order valence-corrected chi connectivity index (χ1v) is 3.84. The number of fused-ring (bicyclic) bond motifs is 1. The number of hydrogen-bond acceptors (Lipinski definition) is 5. The molecule has 5 heteroatoms. The molecule has 0 fully saturated rings. The zero-order valence-corrected chi connectivity index (χ0v) is 7.31. The average Bonchev–Trinajstić information content (AvgIpc) is 2.06. The Morgan fingerprint density at radius 2 is 1.92 bits per heavy atom. The molecule has 0 saturated carbocycles. The average molecular weight is 176 g/mol. The second-order valence-corrected chi connectivity index (χ2v) is 2.78. The second-order valence-electron chi connectivity index (χ2n) is 2.78. The lowest BCUT2D eigenvalue weighted by Crippen LogP contribution is -1.95. The minimum atomic E-state index is -0.112. The van der Waals surface area contributed by atoms with Crippen molar-refractivity contribution in [1.29, 1.82) is 0 Å². The fraction of sp³-hybridized carbons (Fsp3) is 0.250. The van der Waals surface area contributed by atoms with E-state index in [1.165, 1.54) is 0 Å². The van der Waals surface area contributed by atoms with Gasteiger partial charge in [0.05, 0.1) is 11.9 Å². The molecule has 0 bridgehead atoms. The van der Waals surface area contributed by atoms with E-state index in [1.54, 1.807) is 20.0 Å². The van der Waals surface area contributed by atoms with Gasteiger partial charge in [-0.05, 0) is 13.8 Å². The molecule has 2 heterocycles. The molecular formula is C8H8N4O. The van der Waals surface area contributed by atoms with E-state index in [2.05, 4.69) is 19.9 Å². The molecule has 0 saturated heterocycles. The Labute approximate surface area is 74.5 Å². The molecule has 2 aromatic heterocycles. The van der Waals surface area contributed by atoms with E-state index in [9.17, 15) is 5.11 Å². The smallest absolute Gasteiger partial charge is 0.243 e. The maximum Gasteiger partial charge on any atom is 0.243 e. The molecule has 0 atom stereocenters. The van der Waals surface area contributed by atoms with Crippen LogP contribution in [0.5, 0.6) is 5.88 Å². The molecule has 5 nitrogen and oxygen atoms in total. The van der Waals surface area contributed by atoms with Crippen molar-refractivity contribution >= 4 is 11.2 Å². The monoisotopic (exact) mass is 176 g/mol. The van der Waals surface area contributed by atoms with Crippen molar-refractivity contribution in [2.45, 2.75) is 13.8 Å². The predicted molar refractivity (Wildman–Crippen MR) is 46.3 cm³/mol. The van der Waals surface area contributed by atoms with Crippen molar-refractivity contribution in [3.8, 4) is 5.88 Å². The van der Waals surface area contributed by atoms with Crippen LogP contribution in [0, 0.1) is 13.8 Å². The number of hydrogen-bond donors (Lipinski definition) is 1. The molecule has 0 aliphatic rings. The Bertz CT molecular complexity index is 469. The Morgan fingerprint density at radius 1 is 1.15 bits per heavy atom. The third-order valence-electron chi connectivity index (χ3n) is 1.62. The highest BCUT2D eigenvalue weighted by Crippen LogP contribution is 2.16. The summed E-state index contributed by atoms with van der Waals surface area (Å²) >= 11 is 0. The third-order valence-corrected chi connectivity index (χ3v) is 1.62. The molecule has 2 aromatic rings. The van der Waals surface area contributed by atoms with E-state index in [4.69, 9.17) is 0 Å². The van der Waals surface area contributed by atoms with Gasteiger partial charge in [-0.15, -0.1) is 0 Å². The number of nitrogens with zero attached hydrogens (tertiary/aromatic N) is 4. The molecule has 0 amide bonds. The van der Waals surface area contributed by atoms with Crippen molar-refractivity contribution in [1.82, 2.24) is 19.9 Å². The lowest BCUT2D eigenvalue weighted by atomic mass is 10.4. The first-order valence-electron chi connectivity index (χ1n) is 3.84. The van der Waals surface area contributed by atoms with E-state index >= 15 is 0 Å². The molecule has 0 aromatic carbocycles. The van der Waals surface area contributed by atoms with Crippen LogP contribution in [0.3, 0.4) is 0 Å². The first kappa shape index (κ1) is 7.85. The van der Waals surface area contributed by atoms with Crippen LogP contribution in [-0.4, -0.2) is 25.0 Å². The summed E-state index contributed by atoms with van der Waals surface area (Å²) in [6, 6.07) is 0. The summed E-state index contributed by atoms with van der Waals surface area (Å²) in [5.74, 6) is 0.377. The highest BCUT2D eigenvalue weighted by atomic mass is 16.3. The molecule has 13 heavy (non-hydrogen) atoms. The zero-order chi connectivity index (χ0) is 9.42. The van der Waals surface area contributed by atoms with Crippen molar-refractivity contribution in [2.75, 3.05) is 0 Å². The summed E-state index contributed by atoms with van der Waals surface area (Å²) in [6.07, 6.45) is 1.61. The quantitative estimate of drug-likeness (QED) is 0.641. The highest BCUT2D eigenvalue weighted by molar-refractivity contribution is 5.74. The van der Waals surface area contributed by atoms with Gasteiger partial charge in [0.2, 0.25) is 5.88 Å². The van der Waals surface area contributed by atoms with Crippen LogP contribution in [-0.2, 0) is 0 Å². The van der Waals surface area contributed by atoms with Gasteiger partial charge in [-0.25, -0.2) is 15.0 Å². The number of rotatable bonds is 0. The molecule has 0 spiro atoms. The van der Waals surface area contributed by atoms with Gasteiger partial charge in [-0.1, -0.05) is 0 Å². The molecule has 2 rings (SSSR count). The normalized spacial score (nSPS) is 10.6. The fourth-order valence-corrected chi connectivity index (χ4v) is 1.09. The van der Waals surface area contributed by atoms with Crippen LogP contribution < -0.4 is 0 Å². The van der Waals surface area contributed by atoms with E-state index in [1.807, 2.05) is 0 Å². The lowest BCUT2D eigenvalue weighted by molar-refractivity contribution is 0.456. The summed E-state index contributed by atoms with van der Waals surface area (Å²) < 4.78 is 0. The SMILES string of the molecule is Cc1cnc2nc(C)nc(O)c2n1. The summed E-state index contributed by atoms with van der Waals surface area (Å²) in [5.41, 5.74) is 1.51. The van der Waals surface area contributed by atoms with E-state index in [-0.39, 0.29) is 5.88 Å². The van der Waals surface area contributed by atoms with Crippen LogP contribution in [0.15, 0.2) is 6.20 Å². The van der Waals surface area contributed by atoms with Crippen molar-refractivity contribution in [2.24, 2.45) is 0 Å². The highest BCUT2D eigenvalue weighted by Gasteiger charge is 2.06. The lowest BCUT2D eigenvalue weighted by Gasteiger charge is -1.99. The van der Waals surface area contributed by atoms with Crippen molar-refractivity contribution < 1.29 is 5.11 Å². The summed E-state index contributed by atoms with van der Waals surface area (Å²) in [5, 5.41) is 9.42. The molecule has 0 aliphatic carbocycles. The number of aromatic hydroxyl groups is 1. The standard InChI is InChI=1S/C8H8N4O/c1-4-3-9-7-6(10-4)8(13)12-5(2)11-7/h3H,1-2H3,(H,9,11,12,13). The molecule has 1 N–H and O–H groups in total. The third kappa shape index (κ3) is 1.28. The zero-order valence-electron chi connectivity index (χ0n) is 7.31. The first-order chi connectivity index (χ1) is 6.16. The maximum absolute atomic E-state index is 9.42. The van der Waals surface area contributed by atoms with E-state index in [0.717, 1.165) is 5.69 Å². The molecule has 66 valence electrons. The van der Waals surface area contributed by atoms with Gasteiger partial charge in [0.25, 0.3) is 0 Å². The van der Waals surface area contributed by atoms with Gasteiger partial charge in [0.15, 0.2) is 11.2 Å². The van der Waals surface area contributed by atoms with Gasteiger partial charge in [-0.3, -0.25) is 0 Å². The summed E-state index contributed by atoms with van der Waals surface area (Å²) in [4.78, 5) is 15.9. The number of aromatic nitrogens is 4. The molecule has 0 aliphatic heterocycles. The van der Waals surface area contributed by atoms with Gasteiger partial charge < -0.3 is 5.11 Å². The Balaban J connectivity index is 2.87. The predicted octanol–water partition coefficient (Wildman–Crippen LogP) is 0.742. The fourth-order valence-electron chi connectivity index (χ4n) is 1.09. The van der Waals surface area contributed by atoms with Crippen molar-refractivity contribution in [3.05, 3.63) is 17.7 Å². The van der Waals surface area contributed by atoms with Gasteiger partial charge in [-0.2, -0.15) is 4.98 Å². The summed E-state index contributed by atoms with van der Waals surface area (Å²) in [7, 11) is 0. The topological polar surface area (TPSA) is 71.8 Å². The minimum Gasteiger partial charge on any atom is -0.492 e. The second kappa shape index (κ2) is 2.62. The Morgan fingerprint density at radius 3 is 2.69 bits per heavy atom. The van der Waals surface area contributed by atoms with Gasteiger partial charge in [0, 0.05) is 0 Å². The Hall–Kier alpha value is -1.78. The maximum atomic E-state index is 9.42. The van der Waals surface area contributed by atoms with Gasteiger partial charge >= 0.3 is 0 Å². The van der Waals surface area contributed by atoms with Gasteiger partial charge in [0.1, 0.15) is 5.82 Å². The van der Waals surface area contributed by atoms with Crippen molar-refractivity contribution in [3.63, 3.8) is 0 Å². The Kier molecular flexibility index (Phi) is 1.58. The van der Waals surface area contributed by atoms with E-state index < -0.39 is 0 Å². The number of aryl methyl sites for hydroxylation is 2. The largest absolute Gasteiger partial charge is 0.492 e.